The lowest BCUT2D eigenvalue weighted by Crippen LogP contribution is -2.41. The number of nitrogens with zero attached hydrogens (tertiary/aromatic N) is 1. The number of carbonyl (C=O) groups excluding carboxylic acids is 1. The maximum absolute atomic E-state index is 12.6. The zero-order valence-electron chi connectivity index (χ0n) is 16.0. The summed E-state index contributed by atoms with van der Waals surface area (Å²) in [6, 6.07) is 8.20. The van der Waals surface area contributed by atoms with Crippen molar-refractivity contribution < 1.29 is 4.79 Å². The summed E-state index contributed by atoms with van der Waals surface area (Å²) in [5.41, 5.74) is 2.17. The van der Waals surface area contributed by atoms with E-state index in [1.54, 1.807) is 0 Å². The fourth-order valence-electron chi connectivity index (χ4n) is 4.55. The van der Waals surface area contributed by atoms with Gasteiger partial charge in [-0.25, -0.2) is 4.79 Å². The molecular formula is C22H34N2O. The molecule has 3 rings (SSSR count). The topological polar surface area (TPSA) is 32.3 Å². The molecule has 0 aromatic heterocycles. The molecule has 25 heavy (non-hydrogen) atoms. The molecule has 1 aliphatic heterocycles. The summed E-state index contributed by atoms with van der Waals surface area (Å²) in [7, 11) is 0. The summed E-state index contributed by atoms with van der Waals surface area (Å²) < 4.78 is 0. The number of benzene rings is 1. The van der Waals surface area contributed by atoms with Gasteiger partial charge in [-0.15, -0.1) is 0 Å². The third-order valence-electron chi connectivity index (χ3n) is 6.34. The summed E-state index contributed by atoms with van der Waals surface area (Å²) in [5.74, 6) is 2.70. The highest BCUT2D eigenvalue weighted by atomic mass is 16.2. The minimum atomic E-state index is 0.0749. The van der Waals surface area contributed by atoms with Crippen molar-refractivity contribution in [1.29, 1.82) is 0 Å². The lowest BCUT2D eigenvalue weighted by molar-refractivity contribution is 0.162. The third kappa shape index (κ3) is 4.99. The van der Waals surface area contributed by atoms with Crippen LogP contribution in [0.5, 0.6) is 0 Å². The normalized spacial score (nSPS) is 25.0. The number of anilines is 1. The van der Waals surface area contributed by atoms with Crippen molar-refractivity contribution >= 4 is 11.7 Å². The molecule has 0 bridgehead atoms. The standard InChI is InChI=1S/C22H34N2O/c1-3-20-6-4-5-7-21(20)23-22(25)24-14-12-19(13-15-24)16-18-10-8-17(2)9-11-18/h4-7,17-19H,3,8-16H2,1-2H3,(H,23,25). The van der Waals surface area contributed by atoms with E-state index in [2.05, 4.69) is 25.2 Å². The van der Waals surface area contributed by atoms with E-state index < -0.39 is 0 Å². The third-order valence-corrected chi connectivity index (χ3v) is 6.34. The lowest BCUT2D eigenvalue weighted by Gasteiger charge is -2.35. The van der Waals surface area contributed by atoms with Crippen LogP contribution in [0.25, 0.3) is 0 Å². The second-order valence-corrected chi connectivity index (χ2v) is 8.23. The average Bonchev–Trinajstić information content (AvgIpc) is 2.64. The SMILES string of the molecule is CCc1ccccc1NC(=O)N1CCC(CC2CCC(C)CC2)CC1. The molecule has 1 saturated heterocycles. The van der Waals surface area contributed by atoms with Gasteiger partial charge in [0.05, 0.1) is 0 Å². The Kier molecular flexibility index (Phi) is 6.39. The zero-order chi connectivity index (χ0) is 17.6. The maximum Gasteiger partial charge on any atom is 0.321 e. The fraction of sp³-hybridized carbons (Fsp3) is 0.682. The molecule has 0 radical (unpaired) electrons. The van der Waals surface area contributed by atoms with Crippen molar-refractivity contribution in [3.05, 3.63) is 29.8 Å². The van der Waals surface area contributed by atoms with E-state index in [9.17, 15) is 4.79 Å². The van der Waals surface area contributed by atoms with E-state index in [0.29, 0.717) is 0 Å². The molecule has 0 atom stereocenters. The molecule has 1 aliphatic carbocycles. The zero-order valence-corrected chi connectivity index (χ0v) is 16.0. The Morgan fingerprint density at radius 2 is 1.68 bits per heavy atom. The lowest BCUT2D eigenvalue weighted by atomic mass is 9.77. The number of rotatable bonds is 4. The van der Waals surface area contributed by atoms with Crippen LogP contribution in [-0.2, 0) is 6.42 Å². The van der Waals surface area contributed by atoms with Gasteiger partial charge in [0.2, 0.25) is 0 Å². The number of para-hydroxylation sites is 1. The molecule has 3 heteroatoms. The Balaban J connectivity index is 1.44. The number of amides is 2. The number of carbonyl (C=O) groups is 1. The average molecular weight is 343 g/mol. The summed E-state index contributed by atoms with van der Waals surface area (Å²) >= 11 is 0. The summed E-state index contributed by atoms with van der Waals surface area (Å²) in [5, 5.41) is 3.12. The first kappa shape index (κ1) is 18.3. The molecule has 3 nitrogen and oxygen atoms in total. The van der Waals surface area contributed by atoms with Crippen LogP contribution < -0.4 is 5.32 Å². The van der Waals surface area contributed by atoms with Gasteiger partial charge in [-0.2, -0.15) is 0 Å². The summed E-state index contributed by atoms with van der Waals surface area (Å²) in [4.78, 5) is 14.6. The van der Waals surface area contributed by atoms with Crippen molar-refractivity contribution in [2.24, 2.45) is 17.8 Å². The fourth-order valence-corrected chi connectivity index (χ4v) is 4.55. The predicted octanol–water partition coefficient (Wildman–Crippen LogP) is 5.71. The van der Waals surface area contributed by atoms with Gasteiger partial charge in [-0.3, -0.25) is 0 Å². The summed E-state index contributed by atoms with van der Waals surface area (Å²) in [6.45, 7) is 6.34. The van der Waals surface area contributed by atoms with Gasteiger partial charge in [-0.1, -0.05) is 57.7 Å². The van der Waals surface area contributed by atoms with Gasteiger partial charge in [0.25, 0.3) is 0 Å². The number of piperidine rings is 1. The van der Waals surface area contributed by atoms with Crippen molar-refractivity contribution in [3.8, 4) is 0 Å². The first-order valence-corrected chi connectivity index (χ1v) is 10.3. The Labute approximate surface area is 153 Å². The minimum absolute atomic E-state index is 0.0749. The van der Waals surface area contributed by atoms with Gasteiger partial charge in [0, 0.05) is 18.8 Å². The largest absolute Gasteiger partial charge is 0.325 e. The highest BCUT2D eigenvalue weighted by molar-refractivity contribution is 5.90. The molecule has 1 aromatic carbocycles. The molecule has 2 amide bonds. The Bertz CT molecular complexity index is 555. The highest BCUT2D eigenvalue weighted by Gasteiger charge is 2.27. The minimum Gasteiger partial charge on any atom is -0.325 e. The van der Waals surface area contributed by atoms with Gasteiger partial charge < -0.3 is 10.2 Å². The second kappa shape index (κ2) is 8.73. The van der Waals surface area contributed by atoms with Crippen LogP contribution in [-0.4, -0.2) is 24.0 Å². The van der Waals surface area contributed by atoms with E-state index in [1.807, 2.05) is 23.1 Å². The van der Waals surface area contributed by atoms with Crippen LogP contribution >= 0.6 is 0 Å². The Morgan fingerprint density at radius 3 is 2.36 bits per heavy atom. The van der Waals surface area contributed by atoms with Gasteiger partial charge in [-0.05, 0) is 55.1 Å². The van der Waals surface area contributed by atoms with Crippen LogP contribution in [0.15, 0.2) is 24.3 Å². The number of hydrogen-bond acceptors (Lipinski definition) is 1. The van der Waals surface area contributed by atoms with Crippen LogP contribution in [0.4, 0.5) is 10.5 Å². The highest BCUT2D eigenvalue weighted by Crippen LogP contribution is 2.35. The molecule has 0 unspecified atom stereocenters. The number of urea groups is 1. The monoisotopic (exact) mass is 342 g/mol. The van der Waals surface area contributed by atoms with Gasteiger partial charge in [0.1, 0.15) is 0 Å². The predicted molar refractivity (Wildman–Crippen MR) is 105 cm³/mol. The van der Waals surface area contributed by atoms with Crippen molar-refractivity contribution in [2.45, 2.75) is 65.2 Å². The molecule has 138 valence electrons. The molecule has 2 aliphatic rings. The van der Waals surface area contributed by atoms with Crippen LogP contribution in [0, 0.1) is 17.8 Å². The molecule has 1 aromatic rings. The van der Waals surface area contributed by atoms with Crippen molar-refractivity contribution in [3.63, 3.8) is 0 Å². The smallest absolute Gasteiger partial charge is 0.321 e. The number of hydrogen-bond donors (Lipinski definition) is 1. The number of likely N-dealkylation sites (tertiary alicyclic amines) is 1. The molecule has 1 N–H and O–H groups in total. The van der Waals surface area contributed by atoms with Crippen LogP contribution in [0.2, 0.25) is 0 Å². The number of nitrogens with one attached hydrogen (secondary N) is 1. The molecule has 2 fully saturated rings. The molecule has 0 spiro atoms. The van der Waals surface area contributed by atoms with E-state index >= 15 is 0 Å². The van der Waals surface area contributed by atoms with Gasteiger partial charge in [0.15, 0.2) is 0 Å². The second-order valence-electron chi connectivity index (χ2n) is 8.23. The first-order chi connectivity index (χ1) is 12.2. The van der Waals surface area contributed by atoms with E-state index in [1.165, 1.54) is 50.5 Å². The Morgan fingerprint density at radius 1 is 1.04 bits per heavy atom. The maximum atomic E-state index is 12.6. The van der Waals surface area contributed by atoms with Crippen LogP contribution in [0.1, 0.15) is 64.4 Å². The van der Waals surface area contributed by atoms with Crippen molar-refractivity contribution in [1.82, 2.24) is 4.90 Å². The van der Waals surface area contributed by atoms with E-state index in [4.69, 9.17) is 0 Å². The van der Waals surface area contributed by atoms with Crippen LogP contribution in [0.3, 0.4) is 0 Å². The van der Waals surface area contributed by atoms with Crippen molar-refractivity contribution in [2.75, 3.05) is 18.4 Å². The van der Waals surface area contributed by atoms with Gasteiger partial charge >= 0.3 is 6.03 Å². The summed E-state index contributed by atoms with van der Waals surface area (Å²) in [6.07, 6.45) is 10.4. The molecule has 1 saturated carbocycles. The molecular weight excluding hydrogens is 308 g/mol. The number of aryl methyl sites for hydroxylation is 1. The van der Waals surface area contributed by atoms with E-state index in [0.717, 1.165) is 43.0 Å². The van der Waals surface area contributed by atoms with E-state index in [-0.39, 0.29) is 6.03 Å². The molecule has 1 heterocycles. The Hall–Kier alpha value is -1.51. The first-order valence-electron chi connectivity index (χ1n) is 10.3. The quantitative estimate of drug-likeness (QED) is 0.747.